The highest BCUT2D eigenvalue weighted by Gasteiger charge is 2.07. The van der Waals surface area contributed by atoms with Crippen molar-refractivity contribution in [3.05, 3.63) is 72.9 Å². The molecule has 0 aliphatic heterocycles. The molecule has 18 heavy (non-hydrogen) atoms. The van der Waals surface area contributed by atoms with E-state index in [2.05, 4.69) is 59.6 Å². The lowest BCUT2D eigenvalue weighted by molar-refractivity contribution is 1.36. The Morgan fingerprint density at radius 2 is 1.39 bits per heavy atom. The largest absolute Gasteiger partial charge is 0.360 e. The highest BCUT2D eigenvalue weighted by Crippen LogP contribution is 2.34. The first kappa shape index (κ1) is 11.2. The van der Waals surface area contributed by atoms with Gasteiger partial charge in [0.25, 0.3) is 0 Å². The van der Waals surface area contributed by atoms with Crippen LogP contribution in [0.1, 0.15) is 0 Å². The predicted molar refractivity (Wildman–Crippen MR) is 76.8 cm³/mol. The summed E-state index contributed by atoms with van der Waals surface area (Å²) < 4.78 is 0. The van der Waals surface area contributed by atoms with E-state index in [-0.39, 0.29) is 0 Å². The summed E-state index contributed by atoms with van der Waals surface area (Å²) in [5, 5.41) is 0. The van der Waals surface area contributed by atoms with Gasteiger partial charge in [0, 0.05) is 16.0 Å². The van der Waals surface area contributed by atoms with Gasteiger partial charge in [0.05, 0.1) is 5.69 Å². The van der Waals surface area contributed by atoms with Crippen molar-refractivity contribution >= 4 is 11.8 Å². The molecule has 0 fully saturated rings. The Hall–Kier alpha value is -1.93. The minimum atomic E-state index is 1.18. The average Bonchev–Trinajstić information content (AvgIpc) is 2.89. The van der Waals surface area contributed by atoms with Gasteiger partial charge in [0.1, 0.15) is 0 Å². The molecule has 0 saturated carbocycles. The summed E-state index contributed by atoms with van der Waals surface area (Å²) in [4.78, 5) is 5.84. The topological polar surface area (TPSA) is 15.8 Å². The molecule has 0 unspecified atom stereocenters. The van der Waals surface area contributed by atoms with Crippen molar-refractivity contribution in [3.63, 3.8) is 0 Å². The monoisotopic (exact) mass is 251 g/mol. The first-order chi connectivity index (χ1) is 8.93. The van der Waals surface area contributed by atoms with Crippen molar-refractivity contribution < 1.29 is 0 Å². The fraction of sp³-hybridized carbons (Fsp3) is 0. The lowest BCUT2D eigenvalue weighted by Gasteiger charge is -2.04. The lowest BCUT2D eigenvalue weighted by atomic mass is 10.2. The van der Waals surface area contributed by atoms with Crippen LogP contribution >= 0.6 is 11.8 Å². The zero-order chi connectivity index (χ0) is 12.2. The van der Waals surface area contributed by atoms with E-state index in [1.54, 1.807) is 11.8 Å². The Kier molecular flexibility index (Phi) is 3.20. The summed E-state index contributed by atoms with van der Waals surface area (Å²) in [6.45, 7) is 0. The van der Waals surface area contributed by atoms with Crippen LogP contribution in [0, 0.1) is 0 Å². The second-order valence-electron chi connectivity index (χ2n) is 4.00. The van der Waals surface area contributed by atoms with Crippen LogP contribution in [0.5, 0.6) is 0 Å². The van der Waals surface area contributed by atoms with E-state index < -0.39 is 0 Å². The molecule has 0 atom stereocenters. The first-order valence-electron chi connectivity index (χ1n) is 5.89. The molecule has 0 bridgehead atoms. The molecule has 2 aromatic carbocycles. The van der Waals surface area contributed by atoms with Crippen molar-refractivity contribution in [2.45, 2.75) is 9.79 Å². The van der Waals surface area contributed by atoms with Crippen molar-refractivity contribution in [1.29, 1.82) is 0 Å². The molecule has 2 heteroatoms. The van der Waals surface area contributed by atoms with Crippen LogP contribution in [-0.4, -0.2) is 4.98 Å². The normalized spacial score (nSPS) is 10.4. The van der Waals surface area contributed by atoms with Gasteiger partial charge in [-0.15, -0.1) is 0 Å². The molecular formula is C16H13NS. The van der Waals surface area contributed by atoms with Gasteiger partial charge in [-0.2, -0.15) is 0 Å². The van der Waals surface area contributed by atoms with Crippen LogP contribution < -0.4 is 0 Å². The van der Waals surface area contributed by atoms with Crippen LogP contribution in [-0.2, 0) is 0 Å². The molecule has 0 spiro atoms. The van der Waals surface area contributed by atoms with Gasteiger partial charge in [-0.25, -0.2) is 0 Å². The quantitative estimate of drug-likeness (QED) is 0.704. The molecule has 0 saturated heterocycles. The number of nitrogens with one attached hydrogen (secondary N) is 1. The lowest BCUT2D eigenvalue weighted by Crippen LogP contribution is -1.79. The molecule has 1 nitrogen and oxygen atoms in total. The van der Waals surface area contributed by atoms with Gasteiger partial charge in [-0.1, -0.05) is 60.3 Å². The fourth-order valence-corrected chi connectivity index (χ4v) is 2.85. The zero-order valence-electron chi connectivity index (χ0n) is 9.84. The smallest absolute Gasteiger partial charge is 0.0595 e. The van der Waals surface area contributed by atoms with Gasteiger partial charge >= 0.3 is 0 Å². The molecule has 0 radical (unpaired) electrons. The number of rotatable bonds is 3. The van der Waals surface area contributed by atoms with E-state index >= 15 is 0 Å². The molecule has 1 N–H and O–H groups in total. The number of H-pyrrole nitrogens is 1. The fourth-order valence-electron chi connectivity index (χ4n) is 1.89. The van der Waals surface area contributed by atoms with Crippen LogP contribution in [0.4, 0.5) is 0 Å². The summed E-state index contributed by atoms with van der Waals surface area (Å²) in [7, 11) is 0. The molecular weight excluding hydrogens is 238 g/mol. The molecule has 1 heterocycles. The van der Waals surface area contributed by atoms with Crippen molar-refractivity contribution in [2.75, 3.05) is 0 Å². The Morgan fingerprint density at radius 3 is 2.11 bits per heavy atom. The van der Waals surface area contributed by atoms with Crippen molar-refractivity contribution in [1.82, 2.24) is 4.98 Å². The van der Waals surface area contributed by atoms with Crippen LogP contribution in [0.3, 0.4) is 0 Å². The highest BCUT2D eigenvalue weighted by atomic mass is 32.2. The van der Waals surface area contributed by atoms with Crippen molar-refractivity contribution in [2.24, 2.45) is 0 Å². The SMILES string of the molecule is c1ccc(Sc2cc[nH]c2-c2ccccc2)cc1. The highest BCUT2D eigenvalue weighted by molar-refractivity contribution is 7.99. The number of hydrogen-bond donors (Lipinski definition) is 1. The van der Waals surface area contributed by atoms with Crippen LogP contribution in [0.25, 0.3) is 11.3 Å². The summed E-state index contributed by atoms with van der Waals surface area (Å²) in [6, 6.07) is 23.0. The Balaban J connectivity index is 1.93. The third-order valence-electron chi connectivity index (χ3n) is 2.74. The summed E-state index contributed by atoms with van der Waals surface area (Å²) in [5.41, 5.74) is 2.41. The standard InChI is InChI=1S/C16H13NS/c1-3-7-13(8-4-1)16-15(11-12-17-16)18-14-9-5-2-6-10-14/h1-12,17H. The van der Waals surface area contributed by atoms with E-state index in [4.69, 9.17) is 0 Å². The van der Waals surface area contributed by atoms with Crippen LogP contribution in [0.15, 0.2) is 82.7 Å². The van der Waals surface area contributed by atoms with E-state index in [1.165, 1.54) is 21.0 Å². The summed E-state index contributed by atoms with van der Waals surface area (Å²) in [6.07, 6.45) is 1.99. The number of benzene rings is 2. The molecule has 0 aliphatic rings. The minimum Gasteiger partial charge on any atom is -0.360 e. The van der Waals surface area contributed by atoms with Gasteiger partial charge in [0.2, 0.25) is 0 Å². The van der Waals surface area contributed by atoms with E-state index in [0.29, 0.717) is 0 Å². The molecule has 0 aliphatic carbocycles. The van der Waals surface area contributed by atoms with E-state index in [1.807, 2.05) is 18.3 Å². The summed E-state index contributed by atoms with van der Waals surface area (Å²) in [5.74, 6) is 0. The first-order valence-corrected chi connectivity index (χ1v) is 6.71. The third kappa shape index (κ3) is 2.34. The van der Waals surface area contributed by atoms with Crippen LogP contribution in [0.2, 0.25) is 0 Å². The summed E-state index contributed by atoms with van der Waals surface area (Å²) >= 11 is 1.78. The number of hydrogen-bond acceptors (Lipinski definition) is 1. The van der Waals surface area contributed by atoms with Gasteiger partial charge in [-0.3, -0.25) is 0 Å². The molecule has 3 aromatic rings. The maximum Gasteiger partial charge on any atom is 0.0595 e. The van der Waals surface area contributed by atoms with Crippen molar-refractivity contribution in [3.8, 4) is 11.3 Å². The minimum absolute atomic E-state index is 1.18. The molecule has 88 valence electrons. The van der Waals surface area contributed by atoms with Gasteiger partial charge in [-0.05, 0) is 23.8 Å². The van der Waals surface area contributed by atoms with E-state index in [0.717, 1.165) is 0 Å². The Bertz CT molecular complexity index is 614. The average molecular weight is 251 g/mol. The molecule has 3 rings (SSSR count). The zero-order valence-corrected chi connectivity index (χ0v) is 10.7. The second-order valence-corrected chi connectivity index (χ2v) is 5.11. The maximum atomic E-state index is 3.32. The third-order valence-corrected chi connectivity index (χ3v) is 3.81. The second kappa shape index (κ2) is 5.15. The molecule has 1 aromatic heterocycles. The number of aromatic amines is 1. The Labute approximate surface area is 111 Å². The molecule has 0 amide bonds. The van der Waals surface area contributed by atoms with Gasteiger partial charge in [0.15, 0.2) is 0 Å². The predicted octanol–water partition coefficient (Wildman–Crippen LogP) is 4.83. The van der Waals surface area contributed by atoms with Gasteiger partial charge < -0.3 is 4.98 Å². The van der Waals surface area contributed by atoms with E-state index in [9.17, 15) is 0 Å². The Morgan fingerprint density at radius 1 is 0.722 bits per heavy atom. The maximum absolute atomic E-state index is 3.32. The number of aromatic nitrogens is 1.